The third-order valence-corrected chi connectivity index (χ3v) is 6.19. The number of hydrogen-bond donors (Lipinski definition) is 2. The molecule has 142 valence electrons. The zero-order valence-corrected chi connectivity index (χ0v) is 15.4. The topological polar surface area (TPSA) is 82.3 Å². The highest BCUT2D eigenvalue weighted by atomic mass is 16.5. The first kappa shape index (κ1) is 15.7. The van der Waals surface area contributed by atoms with Gasteiger partial charge in [-0.1, -0.05) is 5.16 Å². The van der Waals surface area contributed by atoms with Gasteiger partial charge < -0.3 is 25.0 Å². The van der Waals surface area contributed by atoms with Gasteiger partial charge >= 0.3 is 0 Å². The predicted octanol–water partition coefficient (Wildman–Crippen LogP) is 1.95. The predicted molar refractivity (Wildman–Crippen MR) is 103 cm³/mol. The van der Waals surface area contributed by atoms with Crippen molar-refractivity contribution in [3.63, 3.8) is 0 Å². The van der Waals surface area contributed by atoms with Crippen LogP contribution in [0, 0.1) is 11.8 Å². The Kier molecular flexibility index (Phi) is 3.54. The normalized spacial score (nSPS) is 27.0. The molecule has 0 spiro atoms. The zero-order valence-electron chi connectivity index (χ0n) is 15.4. The number of piperazine rings is 1. The average Bonchev–Trinajstić information content (AvgIpc) is 3.61. The summed E-state index contributed by atoms with van der Waals surface area (Å²) in [6.07, 6.45) is 3.79. The molecular weight excluding hydrogens is 342 g/mol. The molecule has 6 rings (SSSR count). The van der Waals surface area contributed by atoms with Crippen molar-refractivity contribution < 1.29 is 4.52 Å². The van der Waals surface area contributed by atoms with Gasteiger partial charge in [-0.3, -0.25) is 0 Å². The van der Waals surface area contributed by atoms with Crippen LogP contribution >= 0.6 is 0 Å². The highest BCUT2D eigenvalue weighted by molar-refractivity contribution is 5.59. The van der Waals surface area contributed by atoms with Gasteiger partial charge in [0.2, 0.25) is 5.95 Å². The number of fused-ring (bicyclic) bond motifs is 1. The third kappa shape index (κ3) is 3.12. The smallest absolute Gasteiger partial charge is 0.232 e. The number of rotatable bonds is 5. The molecule has 4 aliphatic rings. The highest BCUT2D eigenvalue weighted by Crippen LogP contribution is 2.46. The van der Waals surface area contributed by atoms with E-state index in [4.69, 9.17) is 14.5 Å². The minimum atomic E-state index is 0.549. The molecule has 2 saturated carbocycles. The largest absolute Gasteiger partial charge is 0.359 e. The monoisotopic (exact) mass is 367 g/mol. The van der Waals surface area contributed by atoms with E-state index in [1.54, 1.807) is 0 Å². The number of nitrogens with zero attached hydrogens (tertiary/aromatic N) is 5. The molecule has 8 heteroatoms. The van der Waals surface area contributed by atoms with Crippen molar-refractivity contribution >= 4 is 23.4 Å². The van der Waals surface area contributed by atoms with Crippen LogP contribution in [0.4, 0.5) is 23.4 Å². The first-order chi connectivity index (χ1) is 13.3. The molecule has 2 unspecified atom stereocenters. The first-order valence-electron chi connectivity index (χ1n) is 10.2. The fraction of sp³-hybridized carbons (Fsp3) is 0.632. The zero-order chi connectivity index (χ0) is 17.8. The molecule has 2 saturated heterocycles. The summed E-state index contributed by atoms with van der Waals surface area (Å²) in [5, 5.41) is 10.8. The maximum absolute atomic E-state index is 5.46. The van der Waals surface area contributed by atoms with Gasteiger partial charge in [0.25, 0.3) is 0 Å². The Balaban J connectivity index is 1.29. The van der Waals surface area contributed by atoms with Gasteiger partial charge in [0.1, 0.15) is 17.4 Å². The summed E-state index contributed by atoms with van der Waals surface area (Å²) < 4.78 is 5.46. The molecule has 0 amide bonds. The molecule has 2 aromatic heterocycles. The summed E-state index contributed by atoms with van der Waals surface area (Å²) in [7, 11) is 0. The van der Waals surface area contributed by atoms with Gasteiger partial charge in [-0.25, -0.2) is 0 Å². The van der Waals surface area contributed by atoms with E-state index in [2.05, 4.69) is 31.7 Å². The lowest BCUT2D eigenvalue weighted by molar-refractivity contribution is 0.387. The Labute approximate surface area is 158 Å². The van der Waals surface area contributed by atoms with Crippen LogP contribution in [-0.4, -0.2) is 54.4 Å². The van der Waals surface area contributed by atoms with E-state index in [0.717, 1.165) is 68.5 Å². The Morgan fingerprint density at radius 1 is 1.00 bits per heavy atom. The summed E-state index contributed by atoms with van der Waals surface area (Å²) in [5.41, 5.74) is 0. The van der Waals surface area contributed by atoms with Gasteiger partial charge in [0.15, 0.2) is 5.82 Å². The van der Waals surface area contributed by atoms with Gasteiger partial charge in [-0.15, -0.1) is 0 Å². The van der Waals surface area contributed by atoms with Crippen LogP contribution in [-0.2, 0) is 0 Å². The minimum absolute atomic E-state index is 0.549. The maximum atomic E-state index is 5.46. The first-order valence-corrected chi connectivity index (χ1v) is 10.2. The van der Waals surface area contributed by atoms with E-state index >= 15 is 0 Å². The molecule has 4 fully saturated rings. The molecule has 4 heterocycles. The molecule has 0 aromatic carbocycles. The molecule has 2 N–H and O–H groups in total. The summed E-state index contributed by atoms with van der Waals surface area (Å²) in [6, 6.07) is 4.14. The van der Waals surface area contributed by atoms with Gasteiger partial charge in [-0.05, 0) is 31.1 Å². The van der Waals surface area contributed by atoms with E-state index < -0.39 is 0 Å². The van der Waals surface area contributed by atoms with E-state index in [9.17, 15) is 0 Å². The summed E-state index contributed by atoms with van der Waals surface area (Å²) >= 11 is 0. The highest BCUT2D eigenvalue weighted by Gasteiger charge is 2.45. The van der Waals surface area contributed by atoms with Crippen LogP contribution in [0.25, 0.3) is 0 Å². The molecule has 2 atom stereocenters. The second kappa shape index (κ2) is 6.09. The Bertz CT molecular complexity index is 812. The molecule has 2 aliphatic heterocycles. The molecule has 0 bridgehead atoms. The van der Waals surface area contributed by atoms with Crippen molar-refractivity contribution in [2.24, 2.45) is 11.8 Å². The van der Waals surface area contributed by atoms with Crippen LogP contribution in [0.3, 0.4) is 0 Å². The number of anilines is 4. The lowest BCUT2D eigenvalue weighted by Gasteiger charge is -2.29. The number of aromatic nitrogens is 3. The van der Waals surface area contributed by atoms with E-state index in [-0.39, 0.29) is 0 Å². The second-order valence-electron chi connectivity index (χ2n) is 8.32. The maximum Gasteiger partial charge on any atom is 0.232 e. The second-order valence-corrected chi connectivity index (χ2v) is 8.32. The van der Waals surface area contributed by atoms with E-state index in [1.807, 2.05) is 6.07 Å². The van der Waals surface area contributed by atoms with Crippen molar-refractivity contribution in [1.82, 2.24) is 20.4 Å². The molecule has 0 radical (unpaired) electrons. The lowest BCUT2D eigenvalue weighted by Crippen LogP contribution is -2.44. The van der Waals surface area contributed by atoms with Crippen molar-refractivity contribution in [1.29, 1.82) is 0 Å². The fourth-order valence-electron chi connectivity index (χ4n) is 4.30. The third-order valence-electron chi connectivity index (χ3n) is 6.19. The Hall–Kier alpha value is -2.35. The van der Waals surface area contributed by atoms with Crippen molar-refractivity contribution in [2.45, 2.75) is 25.2 Å². The molecule has 2 aliphatic carbocycles. The summed E-state index contributed by atoms with van der Waals surface area (Å²) in [5.74, 6) is 6.59. The summed E-state index contributed by atoms with van der Waals surface area (Å²) in [4.78, 5) is 14.3. The van der Waals surface area contributed by atoms with Gasteiger partial charge in [-0.2, -0.15) is 9.97 Å². The standard InChI is InChI=1S/C19H25N7O/c1-2-12(1)15-8-16(24-27-15)21-19-22-17(25-5-3-20-4-6-25)9-18(23-19)26-10-13-7-14(13)11-26/h8-9,12-14,20H,1-7,10-11H2,(H,21,22,23,24). The number of piperidine rings is 1. The average molecular weight is 367 g/mol. The van der Waals surface area contributed by atoms with E-state index in [1.165, 1.54) is 19.3 Å². The SMILES string of the molecule is c1c(N2CCNCC2)nc(Nc2cc(C3CC3)on2)nc1N1CC2CC2C1. The van der Waals surface area contributed by atoms with Crippen molar-refractivity contribution in [3.8, 4) is 0 Å². The fourth-order valence-corrected chi connectivity index (χ4v) is 4.30. The van der Waals surface area contributed by atoms with Crippen LogP contribution in [0.2, 0.25) is 0 Å². The van der Waals surface area contributed by atoms with Crippen molar-refractivity contribution in [2.75, 3.05) is 54.4 Å². The molecule has 27 heavy (non-hydrogen) atoms. The Morgan fingerprint density at radius 2 is 1.74 bits per heavy atom. The van der Waals surface area contributed by atoms with Crippen LogP contribution in [0.15, 0.2) is 16.7 Å². The molecular formula is C19H25N7O. The van der Waals surface area contributed by atoms with Gasteiger partial charge in [0.05, 0.1) is 0 Å². The molecule has 8 nitrogen and oxygen atoms in total. The van der Waals surface area contributed by atoms with Gasteiger partial charge in [0, 0.05) is 57.3 Å². The van der Waals surface area contributed by atoms with Crippen LogP contribution < -0.4 is 20.4 Å². The Morgan fingerprint density at radius 3 is 2.48 bits per heavy atom. The minimum Gasteiger partial charge on any atom is -0.359 e. The van der Waals surface area contributed by atoms with Crippen molar-refractivity contribution in [3.05, 3.63) is 17.9 Å². The van der Waals surface area contributed by atoms with Crippen LogP contribution in [0.1, 0.15) is 30.9 Å². The molecule has 2 aromatic rings. The number of hydrogen-bond acceptors (Lipinski definition) is 8. The summed E-state index contributed by atoms with van der Waals surface area (Å²) in [6.45, 7) is 6.16. The van der Waals surface area contributed by atoms with E-state index in [0.29, 0.717) is 17.7 Å². The quantitative estimate of drug-likeness (QED) is 0.830. The van der Waals surface area contributed by atoms with Crippen LogP contribution in [0.5, 0.6) is 0 Å². The lowest BCUT2D eigenvalue weighted by atomic mass is 10.3. The number of nitrogens with one attached hydrogen (secondary N) is 2.